The summed E-state index contributed by atoms with van der Waals surface area (Å²) in [6, 6.07) is 13.5. The van der Waals surface area contributed by atoms with Gasteiger partial charge >= 0.3 is 0 Å². The Morgan fingerprint density at radius 3 is 2.27 bits per heavy atom. The van der Waals surface area contributed by atoms with E-state index in [1.54, 1.807) is 25.3 Å². The Morgan fingerprint density at radius 2 is 1.68 bits per heavy atom. The normalized spacial score (nSPS) is 15.1. The van der Waals surface area contributed by atoms with Gasteiger partial charge in [-0.05, 0) is 37.6 Å². The molecule has 2 aromatic carbocycles. The number of rotatable bonds is 6. The van der Waals surface area contributed by atoms with Gasteiger partial charge in [-0.15, -0.1) is 0 Å². The van der Waals surface area contributed by atoms with Crippen molar-refractivity contribution in [1.82, 2.24) is 5.32 Å². The molecule has 0 saturated heterocycles. The third-order valence-corrected chi connectivity index (χ3v) is 3.82. The topological polar surface area (TPSA) is 41.5 Å². The van der Waals surface area contributed by atoms with Crippen LogP contribution in [0, 0.1) is 5.82 Å². The maximum Gasteiger partial charge on any atom is 0.127 e. The Balaban J connectivity index is 2.04. The third-order valence-electron chi connectivity index (χ3n) is 3.82. The molecular weight excluding hydrogens is 281 g/mol. The van der Waals surface area contributed by atoms with Crippen molar-refractivity contribution in [2.75, 3.05) is 7.11 Å². The van der Waals surface area contributed by atoms with Crippen molar-refractivity contribution in [3.63, 3.8) is 0 Å². The Labute approximate surface area is 130 Å². The molecule has 0 saturated carbocycles. The summed E-state index contributed by atoms with van der Waals surface area (Å²) in [6.45, 7) is 3.77. The standard InChI is InChI=1S/C18H22FNO2/c1-12(16-6-4-5-7-17(16)19)20-13(2)18(21)14-8-10-15(22-3)11-9-14/h4-13,18,20-21H,1-3H3. The summed E-state index contributed by atoms with van der Waals surface area (Å²) in [5, 5.41) is 13.7. The van der Waals surface area contributed by atoms with E-state index in [0.717, 1.165) is 11.3 Å². The van der Waals surface area contributed by atoms with Crippen LogP contribution in [0.3, 0.4) is 0 Å². The van der Waals surface area contributed by atoms with E-state index in [1.165, 1.54) is 6.07 Å². The molecule has 3 unspecified atom stereocenters. The number of halogens is 1. The van der Waals surface area contributed by atoms with Crippen molar-refractivity contribution in [2.24, 2.45) is 0 Å². The molecule has 0 fully saturated rings. The average molecular weight is 303 g/mol. The van der Waals surface area contributed by atoms with Crippen molar-refractivity contribution in [3.05, 3.63) is 65.5 Å². The van der Waals surface area contributed by atoms with Crippen LogP contribution in [0.2, 0.25) is 0 Å². The summed E-state index contributed by atoms with van der Waals surface area (Å²) < 4.78 is 18.9. The van der Waals surface area contributed by atoms with Crippen molar-refractivity contribution in [1.29, 1.82) is 0 Å². The summed E-state index contributed by atoms with van der Waals surface area (Å²) >= 11 is 0. The molecule has 0 aromatic heterocycles. The van der Waals surface area contributed by atoms with Gasteiger partial charge in [0.25, 0.3) is 0 Å². The first-order chi connectivity index (χ1) is 10.5. The van der Waals surface area contributed by atoms with E-state index in [9.17, 15) is 9.50 Å². The zero-order chi connectivity index (χ0) is 16.1. The third kappa shape index (κ3) is 3.84. The molecule has 0 aliphatic heterocycles. The molecule has 2 N–H and O–H groups in total. The predicted octanol–water partition coefficient (Wildman–Crippen LogP) is 3.61. The number of hydrogen-bond donors (Lipinski definition) is 2. The molecule has 0 amide bonds. The van der Waals surface area contributed by atoms with Gasteiger partial charge in [0.05, 0.1) is 13.2 Å². The molecule has 22 heavy (non-hydrogen) atoms. The van der Waals surface area contributed by atoms with Crippen molar-refractivity contribution >= 4 is 0 Å². The van der Waals surface area contributed by atoms with Gasteiger partial charge in [0, 0.05) is 17.6 Å². The predicted molar refractivity (Wildman–Crippen MR) is 85.4 cm³/mol. The number of hydrogen-bond acceptors (Lipinski definition) is 3. The van der Waals surface area contributed by atoms with Crippen LogP contribution in [0.25, 0.3) is 0 Å². The van der Waals surface area contributed by atoms with Crippen LogP contribution in [0.4, 0.5) is 4.39 Å². The van der Waals surface area contributed by atoms with Crippen molar-refractivity contribution in [2.45, 2.75) is 32.0 Å². The minimum Gasteiger partial charge on any atom is -0.497 e. The van der Waals surface area contributed by atoms with Crippen LogP contribution in [0.1, 0.15) is 37.1 Å². The Morgan fingerprint density at radius 1 is 1.05 bits per heavy atom. The van der Waals surface area contributed by atoms with Gasteiger partial charge in [-0.25, -0.2) is 4.39 Å². The second-order valence-corrected chi connectivity index (χ2v) is 5.42. The van der Waals surface area contributed by atoms with E-state index in [-0.39, 0.29) is 17.9 Å². The fraction of sp³-hybridized carbons (Fsp3) is 0.333. The van der Waals surface area contributed by atoms with E-state index in [0.29, 0.717) is 5.56 Å². The first kappa shape index (κ1) is 16.5. The molecule has 118 valence electrons. The number of benzene rings is 2. The monoisotopic (exact) mass is 303 g/mol. The quantitative estimate of drug-likeness (QED) is 0.856. The SMILES string of the molecule is COc1ccc(C(O)C(C)NC(C)c2ccccc2F)cc1. The van der Waals surface area contributed by atoms with E-state index >= 15 is 0 Å². The molecule has 0 spiro atoms. The summed E-state index contributed by atoms with van der Waals surface area (Å²) in [6.07, 6.45) is -0.680. The fourth-order valence-corrected chi connectivity index (χ4v) is 2.49. The van der Waals surface area contributed by atoms with Gasteiger partial charge in [0.1, 0.15) is 11.6 Å². The van der Waals surface area contributed by atoms with Crippen LogP contribution in [0.15, 0.2) is 48.5 Å². The van der Waals surface area contributed by atoms with E-state index in [2.05, 4.69) is 5.32 Å². The molecule has 0 bridgehead atoms. The summed E-state index contributed by atoms with van der Waals surface area (Å²) in [5.41, 5.74) is 1.39. The van der Waals surface area contributed by atoms with Crippen LogP contribution < -0.4 is 10.1 Å². The summed E-state index contributed by atoms with van der Waals surface area (Å²) in [7, 11) is 1.60. The molecule has 0 aliphatic rings. The number of aliphatic hydroxyl groups excluding tert-OH is 1. The Hall–Kier alpha value is -1.91. The van der Waals surface area contributed by atoms with Crippen molar-refractivity contribution < 1.29 is 14.2 Å². The molecule has 0 radical (unpaired) electrons. The minimum absolute atomic E-state index is 0.191. The van der Waals surface area contributed by atoms with Gasteiger partial charge in [0.15, 0.2) is 0 Å². The Kier molecular flexibility index (Phi) is 5.52. The van der Waals surface area contributed by atoms with E-state index < -0.39 is 6.10 Å². The lowest BCUT2D eigenvalue weighted by atomic mass is 10.0. The smallest absolute Gasteiger partial charge is 0.127 e. The molecular formula is C18H22FNO2. The lowest BCUT2D eigenvalue weighted by molar-refractivity contribution is 0.130. The highest BCUT2D eigenvalue weighted by Crippen LogP contribution is 2.23. The molecule has 2 aromatic rings. The second-order valence-electron chi connectivity index (χ2n) is 5.42. The number of aliphatic hydroxyl groups is 1. The van der Waals surface area contributed by atoms with E-state index in [4.69, 9.17) is 4.74 Å². The lowest BCUT2D eigenvalue weighted by Gasteiger charge is -2.25. The molecule has 2 rings (SSSR count). The molecule has 0 aliphatic carbocycles. The van der Waals surface area contributed by atoms with Crippen LogP contribution in [0.5, 0.6) is 5.75 Å². The maximum atomic E-state index is 13.8. The average Bonchev–Trinajstić information content (AvgIpc) is 2.54. The molecule has 4 heteroatoms. The second kappa shape index (κ2) is 7.38. The van der Waals surface area contributed by atoms with Gasteiger partial charge in [0.2, 0.25) is 0 Å². The summed E-state index contributed by atoms with van der Waals surface area (Å²) in [5.74, 6) is 0.505. The maximum absolute atomic E-state index is 13.8. The highest BCUT2D eigenvalue weighted by molar-refractivity contribution is 5.29. The molecule has 0 heterocycles. The van der Waals surface area contributed by atoms with Crippen LogP contribution >= 0.6 is 0 Å². The number of methoxy groups -OCH3 is 1. The van der Waals surface area contributed by atoms with Crippen molar-refractivity contribution in [3.8, 4) is 5.75 Å². The summed E-state index contributed by atoms with van der Waals surface area (Å²) in [4.78, 5) is 0. The van der Waals surface area contributed by atoms with E-state index in [1.807, 2.05) is 38.1 Å². The Bertz CT molecular complexity index is 600. The minimum atomic E-state index is -0.680. The fourth-order valence-electron chi connectivity index (χ4n) is 2.49. The number of nitrogens with one attached hydrogen (secondary N) is 1. The van der Waals surface area contributed by atoms with Crippen LogP contribution in [-0.4, -0.2) is 18.3 Å². The zero-order valence-corrected chi connectivity index (χ0v) is 13.1. The van der Waals surface area contributed by atoms with Gasteiger partial charge < -0.3 is 15.2 Å². The number of ether oxygens (including phenoxy) is 1. The van der Waals surface area contributed by atoms with Gasteiger partial charge in [-0.1, -0.05) is 30.3 Å². The van der Waals surface area contributed by atoms with Gasteiger partial charge in [-0.3, -0.25) is 0 Å². The first-order valence-corrected chi connectivity index (χ1v) is 7.35. The van der Waals surface area contributed by atoms with Gasteiger partial charge in [-0.2, -0.15) is 0 Å². The molecule has 3 atom stereocenters. The highest BCUT2D eigenvalue weighted by Gasteiger charge is 2.20. The zero-order valence-electron chi connectivity index (χ0n) is 13.1. The largest absolute Gasteiger partial charge is 0.497 e. The lowest BCUT2D eigenvalue weighted by Crippen LogP contribution is -2.34. The van der Waals surface area contributed by atoms with Crippen LogP contribution in [-0.2, 0) is 0 Å². The highest BCUT2D eigenvalue weighted by atomic mass is 19.1. The molecule has 3 nitrogen and oxygen atoms in total. The first-order valence-electron chi connectivity index (χ1n) is 7.35.